The van der Waals surface area contributed by atoms with E-state index in [-0.39, 0.29) is 0 Å². The summed E-state index contributed by atoms with van der Waals surface area (Å²) in [6, 6.07) is 0.619. The Morgan fingerprint density at radius 1 is 1.58 bits per heavy atom. The van der Waals surface area contributed by atoms with E-state index in [1.54, 1.807) is 7.11 Å². The first-order chi connectivity index (χ1) is 5.88. The van der Waals surface area contributed by atoms with Crippen molar-refractivity contribution in [3.8, 4) is 0 Å². The zero-order valence-corrected chi connectivity index (χ0v) is 7.32. The van der Waals surface area contributed by atoms with Crippen LogP contribution < -0.4 is 0 Å². The van der Waals surface area contributed by atoms with Gasteiger partial charge in [-0.1, -0.05) is 6.58 Å². The molecule has 0 unspecified atom stereocenters. The molecule has 1 rings (SSSR count). The lowest BCUT2D eigenvalue weighted by Gasteiger charge is -2.27. The van der Waals surface area contributed by atoms with Crippen LogP contribution in [-0.4, -0.2) is 44.3 Å². The van der Waals surface area contributed by atoms with Gasteiger partial charge in [0.25, 0.3) is 6.02 Å². The Bertz CT molecular complexity index is 174. The number of ether oxygens (including phenoxy) is 2. The smallest absolute Gasteiger partial charge is 0.291 e. The highest BCUT2D eigenvalue weighted by atomic mass is 16.5. The number of nitrogens with zero attached hydrogens (tertiary/aromatic N) is 2. The van der Waals surface area contributed by atoms with Crippen LogP contribution in [0.1, 0.15) is 0 Å². The van der Waals surface area contributed by atoms with Crippen LogP contribution in [0.15, 0.2) is 17.8 Å². The maximum Gasteiger partial charge on any atom is 0.291 e. The lowest BCUT2D eigenvalue weighted by atomic mass is 10.4. The summed E-state index contributed by atoms with van der Waals surface area (Å²) < 4.78 is 10.3. The number of rotatable bonds is 1. The van der Waals surface area contributed by atoms with Crippen LogP contribution in [0.25, 0.3) is 0 Å². The molecule has 1 saturated heterocycles. The van der Waals surface area contributed by atoms with Gasteiger partial charge in [0.05, 0.1) is 20.3 Å². The second kappa shape index (κ2) is 4.77. The average molecular weight is 170 g/mol. The molecule has 0 bridgehead atoms. The lowest BCUT2D eigenvalue weighted by molar-refractivity contribution is 0.0580. The molecular formula is C8H14N2O2. The van der Waals surface area contributed by atoms with Gasteiger partial charge in [-0.05, 0) is 0 Å². The Morgan fingerprint density at radius 2 is 2.25 bits per heavy atom. The minimum absolute atomic E-state index is 0.619. The van der Waals surface area contributed by atoms with Crippen LogP contribution in [0.3, 0.4) is 0 Å². The van der Waals surface area contributed by atoms with Gasteiger partial charge in [0.1, 0.15) is 0 Å². The average Bonchev–Trinajstić information content (AvgIpc) is 2.15. The summed E-state index contributed by atoms with van der Waals surface area (Å²) in [6.45, 7) is 6.66. The van der Waals surface area contributed by atoms with Crippen LogP contribution in [0.2, 0.25) is 0 Å². The first-order valence-corrected chi connectivity index (χ1v) is 3.94. The van der Waals surface area contributed by atoms with E-state index >= 15 is 0 Å². The van der Waals surface area contributed by atoms with E-state index in [1.165, 1.54) is 6.20 Å². The molecule has 0 amide bonds. The Morgan fingerprint density at radius 3 is 2.75 bits per heavy atom. The lowest BCUT2D eigenvalue weighted by Crippen LogP contribution is -2.41. The van der Waals surface area contributed by atoms with Gasteiger partial charge in [0.15, 0.2) is 0 Å². The molecule has 4 nitrogen and oxygen atoms in total. The van der Waals surface area contributed by atoms with Crippen LogP contribution in [0.4, 0.5) is 0 Å². The van der Waals surface area contributed by atoms with Gasteiger partial charge in [-0.15, -0.1) is 0 Å². The summed E-state index contributed by atoms with van der Waals surface area (Å²) in [5.74, 6) is 0. The predicted octanol–water partition coefficient (Wildman–Crippen LogP) is 0.464. The molecule has 1 aliphatic rings. The quantitative estimate of drug-likeness (QED) is 0.423. The topological polar surface area (TPSA) is 34.1 Å². The number of amidine groups is 1. The Hall–Kier alpha value is -1.03. The van der Waals surface area contributed by atoms with Crippen molar-refractivity contribution in [1.82, 2.24) is 4.90 Å². The molecule has 12 heavy (non-hydrogen) atoms. The fourth-order valence-corrected chi connectivity index (χ4v) is 1.10. The number of hydrogen-bond donors (Lipinski definition) is 0. The third kappa shape index (κ3) is 2.23. The largest absolute Gasteiger partial charge is 0.468 e. The first-order valence-electron chi connectivity index (χ1n) is 3.94. The molecule has 0 saturated carbocycles. The maximum atomic E-state index is 5.19. The Kier molecular flexibility index (Phi) is 3.60. The van der Waals surface area contributed by atoms with Gasteiger partial charge >= 0.3 is 0 Å². The van der Waals surface area contributed by atoms with Crippen LogP contribution >= 0.6 is 0 Å². The molecule has 0 radical (unpaired) electrons. The number of morpholine rings is 1. The van der Waals surface area contributed by atoms with Crippen molar-refractivity contribution >= 4 is 6.02 Å². The van der Waals surface area contributed by atoms with Crippen molar-refractivity contribution in [3.05, 3.63) is 12.8 Å². The van der Waals surface area contributed by atoms with E-state index in [0.717, 1.165) is 26.3 Å². The second-order valence-corrected chi connectivity index (χ2v) is 2.40. The Labute approximate surface area is 72.5 Å². The van der Waals surface area contributed by atoms with E-state index in [9.17, 15) is 0 Å². The first kappa shape index (κ1) is 9.06. The zero-order valence-electron chi connectivity index (χ0n) is 7.32. The molecular weight excluding hydrogens is 156 g/mol. The number of aliphatic imine (C=N–C) groups is 1. The van der Waals surface area contributed by atoms with Gasteiger partial charge in [-0.25, -0.2) is 4.99 Å². The van der Waals surface area contributed by atoms with Crippen molar-refractivity contribution in [2.45, 2.75) is 0 Å². The highest BCUT2D eigenvalue weighted by molar-refractivity contribution is 5.74. The summed E-state index contributed by atoms with van der Waals surface area (Å²) in [6.07, 6.45) is 1.48. The van der Waals surface area contributed by atoms with Crippen LogP contribution in [-0.2, 0) is 9.47 Å². The van der Waals surface area contributed by atoms with Crippen molar-refractivity contribution in [2.75, 3.05) is 33.4 Å². The molecule has 0 aromatic heterocycles. The summed E-state index contributed by atoms with van der Waals surface area (Å²) >= 11 is 0. The zero-order chi connectivity index (χ0) is 8.81. The minimum atomic E-state index is 0.619. The maximum absolute atomic E-state index is 5.19. The van der Waals surface area contributed by atoms with Crippen LogP contribution in [0.5, 0.6) is 0 Å². The molecule has 1 fully saturated rings. The highest BCUT2D eigenvalue weighted by Gasteiger charge is 2.14. The van der Waals surface area contributed by atoms with Gasteiger partial charge < -0.3 is 14.4 Å². The fourth-order valence-electron chi connectivity index (χ4n) is 1.10. The van der Waals surface area contributed by atoms with Crippen molar-refractivity contribution in [1.29, 1.82) is 0 Å². The van der Waals surface area contributed by atoms with Gasteiger partial charge in [0, 0.05) is 19.3 Å². The fraction of sp³-hybridized carbons (Fsp3) is 0.625. The molecule has 0 atom stereocenters. The summed E-state index contributed by atoms with van der Waals surface area (Å²) in [5, 5.41) is 0. The van der Waals surface area contributed by atoms with E-state index < -0.39 is 0 Å². The third-order valence-electron chi connectivity index (χ3n) is 1.67. The predicted molar refractivity (Wildman–Crippen MR) is 47.0 cm³/mol. The normalized spacial score (nSPS) is 19.1. The van der Waals surface area contributed by atoms with E-state index in [2.05, 4.69) is 11.6 Å². The third-order valence-corrected chi connectivity index (χ3v) is 1.67. The van der Waals surface area contributed by atoms with E-state index in [4.69, 9.17) is 9.47 Å². The molecule has 0 aromatic rings. The second-order valence-electron chi connectivity index (χ2n) is 2.40. The molecule has 0 aromatic carbocycles. The molecule has 1 heterocycles. The van der Waals surface area contributed by atoms with Gasteiger partial charge in [-0.2, -0.15) is 0 Å². The molecule has 4 heteroatoms. The van der Waals surface area contributed by atoms with Crippen molar-refractivity contribution in [3.63, 3.8) is 0 Å². The monoisotopic (exact) mass is 170 g/mol. The SMILES string of the molecule is C=CN=C(OC)N1CCOCC1. The molecule has 68 valence electrons. The van der Waals surface area contributed by atoms with Gasteiger partial charge in [-0.3, -0.25) is 0 Å². The number of methoxy groups -OCH3 is 1. The number of hydrogen-bond acceptors (Lipinski definition) is 3. The molecule has 0 aliphatic carbocycles. The van der Waals surface area contributed by atoms with Gasteiger partial charge in [0.2, 0.25) is 0 Å². The Balaban J connectivity index is 2.51. The molecule has 0 N–H and O–H groups in total. The molecule has 1 aliphatic heterocycles. The summed E-state index contributed by atoms with van der Waals surface area (Å²) in [5.41, 5.74) is 0. The highest BCUT2D eigenvalue weighted by Crippen LogP contribution is 1.99. The van der Waals surface area contributed by atoms with Crippen LogP contribution in [0, 0.1) is 0 Å². The summed E-state index contributed by atoms with van der Waals surface area (Å²) in [7, 11) is 1.61. The summed E-state index contributed by atoms with van der Waals surface area (Å²) in [4.78, 5) is 6.03. The van der Waals surface area contributed by atoms with Crippen molar-refractivity contribution in [2.24, 2.45) is 4.99 Å². The van der Waals surface area contributed by atoms with E-state index in [0.29, 0.717) is 6.02 Å². The van der Waals surface area contributed by atoms with E-state index in [1.807, 2.05) is 4.90 Å². The standard InChI is InChI=1S/C8H14N2O2/c1-3-9-8(11-2)10-4-6-12-7-5-10/h3H,1,4-7H2,2H3. The molecule has 0 spiro atoms. The van der Waals surface area contributed by atoms with Crippen molar-refractivity contribution < 1.29 is 9.47 Å². The minimum Gasteiger partial charge on any atom is -0.468 e.